The molecule has 9 heavy (non-hydrogen) atoms. The van der Waals surface area contributed by atoms with Crippen molar-refractivity contribution in [1.29, 1.82) is 0 Å². The molecule has 0 aliphatic rings. The fraction of sp³-hybridized carbons (Fsp3) is 0. The molecule has 0 radical (unpaired) electrons. The Bertz CT molecular complexity index is 148. The average Bonchev–Trinajstić information content (AvgIpc) is 1.77. The summed E-state index contributed by atoms with van der Waals surface area (Å²) in [6.07, 6.45) is 0. The molecule has 1 rings (SSSR count). The van der Waals surface area contributed by atoms with E-state index >= 15 is 0 Å². The molecule has 1 aromatic rings. The van der Waals surface area contributed by atoms with E-state index in [0.717, 1.165) is 10.6 Å². The third-order valence-corrected chi connectivity index (χ3v) is 1.17. The van der Waals surface area contributed by atoms with Gasteiger partial charge < -0.3 is 0 Å². The molecule has 0 aliphatic heterocycles. The van der Waals surface area contributed by atoms with Crippen molar-refractivity contribution in [3.8, 4) is 0 Å². The minimum Gasteiger partial charge on any atom is -0.199 e. The van der Waals surface area contributed by atoms with Gasteiger partial charge in [-0.15, -0.1) is 0 Å². The van der Waals surface area contributed by atoms with Crippen molar-refractivity contribution < 1.29 is 29.6 Å². The zero-order valence-electron chi connectivity index (χ0n) is 5.39. The Morgan fingerprint density at radius 2 is 1.56 bits per heavy atom. The van der Waals surface area contributed by atoms with E-state index in [9.17, 15) is 0 Å². The third kappa shape index (κ3) is 3.17. The van der Waals surface area contributed by atoms with Crippen LogP contribution in [0.15, 0.2) is 24.3 Å². The van der Waals surface area contributed by atoms with Gasteiger partial charge in [-0.1, -0.05) is 23.7 Å². The molecule has 2 heteroatoms. The summed E-state index contributed by atoms with van der Waals surface area (Å²) in [7, 11) is 0. The Morgan fingerprint density at radius 1 is 1.11 bits per heavy atom. The maximum atomic E-state index is 5.58. The van der Waals surface area contributed by atoms with Crippen molar-refractivity contribution in [3.05, 3.63) is 41.8 Å². The fourth-order valence-corrected chi connectivity index (χ4v) is 0.610. The first-order valence-corrected chi connectivity index (χ1v) is 2.74. The van der Waals surface area contributed by atoms with Gasteiger partial charge in [0.2, 0.25) is 0 Å². The molecule has 0 amide bonds. The van der Waals surface area contributed by atoms with Gasteiger partial charge in [-0.2, -0.15) is 24.6 Å². The molecule has 0 aromatic heterocycles. The molecule has 0 atom stereocenters. The first-order chi connectivity index (χ1) is 3.79. The van der Waals surface area contributed by atoms with E-state index in [1.54, 1.807) is 0 Å². The molecule has 0 N–H and O–H groups in total. The molecule has 0 saturated carbocycles. The molecule has 0 unspecified atom stereocenters. The Balaban J connectivity index is 0.000000640. The predicted octanol–water partition coefficient (Wildman–Crippen LogP) is -0.474. The Hall–Kier alpha value is 0.380. The summed E-state index contributed by atoms with van der Waals surface area (Å²) in [6, 6.07) is 7.40. The van der Waals surface area contributed by atoms with Crippen LogP contribution in [0.5, 0.6) is 0 Å². The topological polar surface area (TPSA) is 0 Å². The van der Waals surface area contributed by atoms with Gasteiger partial charge in [0.15, 0.2) is 0 Å². The summed E-state index contributed by atoms with van der Waals surface area (Å²) in [4.78, 5) is 0. The van der Waals surface area contributed by atoms with Crippen LogP contribution in [-0.2, 0) is 0 Å². The predicted molar refractivity (Wildman–Crippen MR) is 35.9 cm³/mol. The number of hydrogen-bond acceptors (Lipinski definition) is 0. The van der Waals surface area contributed by atoms with E-state index in [-0.39, 0.29) is 29.6 Å². The molecule has 0 heterocycles. The minimum atomic E-state index is 0. The smallest absolute Gasteiger partial charge is 0.199 e. The summed E-state index contributed by atoms with van der Waals surface area (Å²) in [6.45, 7) is 3.70. The van der Waals surface area contributed by atoms with Gasteiger partial charge in [0, 0.05) is 5.02 Å². The van der Waals surface area contributed by atoms with Gasteiger partial charge in [-0.05, 0) is 0 Å². The summed E-state index contributed by atoms with van der Waals surface area (Å²) in [5.41, 5.74) is 0.995. The van der Waals surface area contributed by atoms with Crippen molar-refractivity contribution in [2.75, 3.05) is 0 Å². The van der Waals surface area contributed by atoms with Crippen molar-refractivity contribution >= 4 is 11.6 Å². The van der Waals surface area contributed by atoms with Crippen LogP contribution in [0.3, 0.4) is 0 Å². The van der Waals surface area contributed by atoms with E-state index in [0.29, 0.717) is 0 Å². The summed E-state index contributed by atoms with van der Waals surface area (Å²) < 4.78 is 0. The first kappa shape index (κ1) is 9.38. The second-order valence-electron chi connectivity index (χ2n) is 1.63. The zero-order valence-corrected chi connectivity index (χ0v) is 8.15. The molecule has 0 fully saturated rings. The van der Waals surface area contributed by atoms with Crippen LogP contribution in [0.1, 0.15) is 5.56 Å². The van der Waals surface area contributed by atoms with Gasteiger partial charge in [-0.3, -0.25) is 0 Å². The molecule has 42 valence electrons. The molecular weight excluding hydrogens is 143 g/mol. The monoisotopic (exact) mass is 148 g/mol. The Labute approximate surface area is 82.5 Å². The molecular formula is C7H6ClNa. The van der Waals surface area contributed by atoms with E-state index in [2.05, 4.69) is 6.92 Å². The van der Waals surface area contributed by atoms with Crippen LogP contribution in [0.4, 0.5) is 0 Å². The molecule has 1 aromatic carbocycles. The third-order valence-electron chi connectivity index (χ3n) is 0.913. The average molecular weight is 149 g/mol. The Morgan fingerprint density at radius 3 is 1.89 bits per heavy atom. The zero-order chi connectivity index (χ0) is 5.98. The molecule has 0 nitrogen and oxygen atoms in total. The van der Waals surface area contributed by atoms with Crippen LogP contribution in [0, 0.1) is 6.92 Å². The summed E-state index contributed by atoms with van der Waals surface area (Å²) in [5.74, 6) is 0. The van der Waals surface area contributed by atoms with Crippen LogP contribution in [-0.4, -0.2) is 0 Å². The number of rotatable bonds is 0. The van der Waals surface area contributed by atoms with Gasteiger partial charge >= 0.3 is 29.6 Å². The molecule has 0 spiro atoms. The molecule has 0 aliphatic carbocycles. The fourth-order valence-electron chi connectivity index (χ4n) is 0.484. The van der Waals surface area contributed by atoms with Crippen molar-refractivity contribution in [1.82, 2.24) is 0 Å². The standard InChI is InChI=1S/C7H6Cl.Na/c1-6-2-4-7(8)5-3-6;/h2-5H,1H2;/q-1;+1. The number of hydrogen-bond donors (Lipinski definition) is 0. The van der Waals surface area contributed by atoms with Crippen molar-refractivity contribution in [2.45, 2.75) is 0 Å². The van der Waals surface area contributed by atoms with Crippen LogP contribution >= 0.6 is 11.6 Å². The van der Waals surface area contributed by atoms with Crippen LogP contribution in [0.25, 0.3) is 0 Å². The largest absolute Gasteiger partial charge is 1.00 e. The SMILES string of the molecule is [CH2-]c1ccc(Cl)cc1.[Na+]. The Kier molecular flexibility index (Phi) is 4.41. The van der Waals surface area contributed by atoms with E-state index in [1.807, 2.05) is 24.3 Å². The van der Waals surface area contributed by atoms with Gasteiger partial charge in [0.05, 0.1) is 0 Å². The first-order valence-electron chi connectivity index (χ1n) is 2.36. The van der Waals surface area contributed by atoms with E-state index < -0.39 is 0 Å². The van der Waals surface area contributed by atoms with Crippen LogP contribution in [0.2, 0.25) is 5.02 Å². The molecule has 0 saturated heterocycles. The second kappa shape index (κ2) is 4.24. The van der Waals surface area contributed by atoms with Gasteiger partial charge in [0.1, 0.15) is 0 Å². The van der Waals surface area contributed by atoms with Gasteiger partial charge in [0.25, 0.3) is 0 Å². The van der Waals surface area contributed by atoms with Crippen LogP contribution < -0.4 is 29.6 Å². The number of benzene rings is 1. The van der Waals surface area contributed by atoms with Crippen molar-refractivity contribution in [3.63, 3.8) is 0 Å². The molecule has 0 bridgehead atoms. The maximum absolute atomic E-state index is 5.58. The second-order valence-corrected chi connectivity index (χ2v) is 2.06. The van der Waals surface area contributed by atoms with E-state index in [1.165, 1.54) is 0 Å². The summed E-state index contributed by atoms with van der Waals surface area (Å²) in [5, 5.41) is 0.761. The minimum absolute atomic E-state index is 0. The normalized spacial score (nSPS) is 8.11. The number of halogens is 1. The quantitative estimate of drug-likeness (QED) is 0.345. The summed E-state index contributed by atoms with van der Waals surface area (Å²) >= 11 is 5.58. The van der Waals surface area contributed by atoms with Crippen molar-refractivity contribution in [2.24, 2.45) is 0 Å². The van der Waals surface area contributed by atoms with Gasteiger partial charge in [-0.25, -0.2) is 0 Å². The van der Waals surface area contributed by atoms with E-state index in [4.69, 9.17) is 11.6 Å². The maximum Gasteiger partial charge on any atom is 1.00 e.